The highest BCUT2D eigenvalue weighted by atomic mass is 16.5. The Morgan fingerprint density at radius 2 is 2.00 bits per heavy atom. The summed E-state index contributed by atoms with van der Waals surface area (Å²) in [5.41, 5.74) is 2.47. The van der Waals surface area contributed by atoms with Crippen LogP contribution in [-0.4, -0.2) is 17.8 Å². The van der Waals surface area contributed by atoms with Gasteiger partial charge in [-0.15, -0.1) is 0 Å². The fraction of sp³-hybridized carbons (Fsp3) is 0.455. The van der Waals surface area contributed by atoms with Gasteiger partial charge in [0, 0.05) is 0 Å². The summed E-state index contributed by atoms with van der Waals surface area (Å²) in [6.45, 7) is 6.17. The Labute approximate surface area is 79.2 Å². The van der Waals surface area contributed by atoms with Gasteiger partial charge in [0.2, 0.25) is 0 Å². The quantitative estimate of drug-likeness (QED) is 0.771. The predicted octanol–water partition coefficient (Wildman–Crippen LogP) is 2.06. The SMILES string of the molecule is Cc1ccc(OC[C@@H](C)O)cc1C. The maximum absolute atomic E-state index is 9.01. The fourth-order valence-electron chi connectivity index (χ4n) is 1.02. The molecule has 0 unspecified atom stereocenters. The molecular formula is C11H16O2. The van der Waals surface area contributed by atoms with E-state index in [2.05, 4.69) is 6.92 Å². The molecule has 0 aliphatic rings. The van der Waals surface area contributed by atoms with Gasteiger partial charge in [-0.05, 0) is 44.0 Å². The van der Waals surface area contributed by atoms with Gasteiger partial charge >= 0.3 is 0 Å². The van der Waals surface area contributed by atoms with Crippen LogP contribution in [0.15, 0.2) is 18.2 Å². The standard InChI is InChI=1S/C11H16O2/c1-8-4-5-11(6-9(8)2)13-7-10(3)12/h4-6,10,12H,7H2,1-3H3/t10-/m1/s1. The van der Waals surface area contributed by atoms with E-state index >= 15 is 0 Å². The lowest BCUT2D eigenvalue weighted by Gasteiger charge is -2.09. The van der Waals surface area contributed by atoms with E-state index in [1.54, 1.807) is 6.92 Å². The molecule has 0 aliphatic heterocycles. The smallest absolute Gasteiger partial charge is 0.119 e. The molecule has 13 heavy (non-hydrogen) atoms. The van der Waals surface area contributed by atoms with E-state index in [1.165, 1.54) is 11.1 Å². The average Bonchev–Trinajstić information content (AvgIpc) is 2.07. The molecule has 0 aliphatic carbocycles. The van der Waals surface area contributed by atoms with E-state index < -0.39 is 6.10 Å². The van der Waals surface area contributed by atoms with Gasteiger partial charge in [0.05, 0.1) is 6.10 Å². The van der Waals surface area contributed by atoms with Crippen LogP contribution in [0.2, 0.25) is 0 Å². The molecule has 1 atom stereocenters. The summed E-state index contributed by atoms with van der Waals surface area (Å²) in [7, 11) is 0. The first-order valence-electron chi connectivity index (χ1n) is 4.47. The van der Waals surface area contributed by atoms with Crippen LogP contribution in [0.3, 0.4) is 0 Å². The van der Waals surface area contributed by atoms with Gasteiger partial charge in [-0.3, -0.25) is 0 Å². The first kappa shape index (κ1) is 10.1. The molecule has 2 nitrogen and oxygen atoms in total. The lowest BCUT2D eigenvalue weighted by atomic mass is 10.1. The highest BCUT2D eigenvalue weighted by Crippen LogP contribution is 2.16. The molecule has 1 N–H and O–H groups in total. The fourth-order valence-corrected chi connectivity index (χ4v) is 1.02. The summed E-state index contributed by atoms with van der Waals surface area (Å²) >= 11 is 0. The Bertz CT molecular complexity index is 279. The van der Waals surface area contributed by atoms with E-state index in [0.29, 0.717) is 6.61 Å². The highest BCUT2D eigenvalue weighted by molar-refractivity contribution is 5.33. The van der Waals surface area contributed by atoms with E-state index in [1.807, 2.05) is 25.1 Å². The van der Waals surface area contributed by atoms with Crippen molar-refractivity contribution in [1.29, 1.82) is 0 Å². The Kier molecular flexibility index (Phi) is 3.32. The number of aryl methyl sites for hydroxylation is 2. The van der Waals surface area contributed by atoms with Gasteiger partial charge < -0.3 is 9.84 Å². The van der Waals surface area contributed by atoms with Crippen LogP contribution in [-0.2, 0) is 0 Å². The van der Waals surface area contributed by atoms with Crippen molar-refractivity contribution in [3.63, 3.8) is 0 Å². The second-order valence-electron chi connectivity index (χ2n) is 3.41. The molecule has 0 bridgehead atoms. The number of hydrogen-bond acceptors (Lipinski definition) is 2. The second-order valence-corrected chi connectivity index (χ2v) is 3.41. The second kappa shape index (κ2) is 4.28. The van der Waals surface area contributed by atoms with Gasteiger partial charge in [-0.25, -0.2) is 0 Å². The summed E-state index contributed by atoms with van der Waals surface area (Å²) in [5.74, 6) is 0.823. The van der Waals surface area contributed by atoms with Gasteiger partial charge in [0.1, 0.15) is 12.4 Å². The number of hydrogen-bond donors (Lipinski definition) is 1. The molecule has 0 saturated heterocycles. The van der Waals surface area contributed by atoms with Crippen LogP contribution in [0.5, 0.6) is 5.75 Å². The van der Waals surface area contributed by atoms with E-state index in [-0.39, 0.29) is 0 Å². The van der Waals surface area contributed by atoms with Crippen molar-refractivity contribution in [2.75, 3.05) is 6.61 Å². The first-order chi connectivity index (χ1) is 6.09. The maximum Gasteiger partial charge on any atom is 0.119 e. The molecule has 0 radical (unpaired) electrons. The van der Waals surface area contributed by atoms with Crippen molar-refractivity contribution in [3.8, 4) is 5.75 Å². The van der Waals surface area contributed by atoms with Crippen molar-refractivity contribution in [3.05, 3.63) is 29.3 Å². The van der Waals surface area contributed by atoms with Crippen LogP contribution >= 0.6 is 0 Å². The Morgan fingerprint density at radius 1 is 1.31 bits per heavy atom. The number of rotatable bonds is 3. The first-order valence-corrected chi connectivity index (χ1v) is 4.47. The average molecular weight is 180 g/mol. The summed E-state index contributed by atoms with van der Waals surface area (Å²) in [6, 6.07) is 5.93. The minimum Gasteiger partial charge on any atom is -0.491 e. The van der Waals surface area contributed by atoms with Crippen LogP contribution in [0.25, 0.3) is 0 Å². The molecule has 0 spiro atoms. The van der Waals surface area contributed by atoms with Gasteiger partial charge in [-0.1, -0.05) is 6.07 Å². The number of aliphatic hydroxyl groups excluding tert-OH is 1. The normalized spacial score (nSPS) is 12.6. The number of benzene rings is 1. The maximum atomic E-state index is 9.01. The molecule has 1 rings (SSSR count). The summed E-state index contributed by atoms with van der Waals surface area (Å²) in [6.07, 6.45) is -0.415. The van der Waals surface area contributed by atoms with E-state index in [0.717, 1.165) is 5.75 Å². The third kappa shape index (κ3) is 3.07. The lowest BCUT2D eigenvalue weighted by Crippen LogP contribution is -2.12. The van der Waals surface area contributed by atoms with Crippen LogP contribution in [0.1, 0.15) is 18.1 Å². The molecule has 1 aromatic rings. The Hall–Kier alpha value is -1.02. The van der Waals surface area contributed by atoms with Gasteiger partial charge in [0.25, 0.3) is 0 Å². The zero-order valence-corrected chi connectivity index (χ0v) is 8.37. The van der Waals surface area contributed by atoms with Gasteiger partial charge in [0.15, 0.2) is 0 Å². The lowest BCUT2D eigenvalue weighted by molar-refractivity contribution is 0.122. The van der Waals surface area contributed by atoms with E-state index in [9.17, 15) is 0 Å². The Balaban J connectivity index is 2.63. The van der Waals surface area contributed by atoms with Crippen molar-refractivity contribution in [2.24, 2.45) is 0 Å². The molecule has 0 heterocycles. The topological polar surface area (TPSA) is 29.5 Å². The minimum absolute atomic E-state index is 0.350. The van der Waals surface area contributed by atoms with Gasteiger partial charge in [-0.2, -0.15) is 0 Å². The largest absolute Gasteiger partial charge is 0.491 e. The molecule has 1 aromatic carbocycles. The van der Waals surface area contributed by atoms with Crippen molar-refractivity contribution < 1.29 is 9.84 Å². The summed E-state index contributed by atoms with van der Waals surface area (Å²) in [4.78, 5) is 0. The molecule has 0 amide bonds. The third-order valence-corrected chi connectivity index (χ3v) is 1.97. The van der Waals surface area contributed by atoms with Crippen molar-refractivity contribution in [2.45, 2.75) is 26.9 Å². The molecule has 0 fully saturated rings. The third-order valence-electron chi connectivity index (χ3n) is 1.97. The summed E-state index contributed by atoms with van der Waals surface area (Å²) in [5, 5.41) is 9.01. The number of aliphatic hydroxyl groups is 1. The molecule has 0 saturated carbocycles. The number of ether oxygens (including phenoxy) is 1. The molecule has 2 heteroatoms. The monoisotopic (exact) mass is 180 g/mol. The molecule has 0 aromatic heterocycles. The zero-order chi connectivity index (χ0) is 9.84. The minimum atomic E-state index is -0.415. The van der Waals surface area contributed by atoms with E-state index in [4.69, 9.17) is 9.84 Å². The summed E-state index contributed by atoms with van der Waals surface area (Å²) < 4.78 is 5.35. The highest BCUT2D eigenvalue weighted by Gasteiger charge is 1.99. The van der Waals surface area contributed by atoms with Crippen molar-refractivity contribution >= 4 is 0 Å². The van der Waals surface area contributed by atoms with Crippen LogP contribution in [0, 0.1) is 13.8 Å². The predicted molar refractivity (Wildman–Crippen MR) is 53.1 cm³/mol. The Morgan fingerprint density at radius 3 is 2.54 bits per heavy atom. The molecule has 72 valence electrons. The van der Waals surface area contributed by atoms with Crippen molar-refractivity contribution in [1.82, 2.24) is 0 Å². The van der Waals surface area contributed by atoms with Crippen LogP contribution in [0.4, 0.5) is 0 Å². The molecular weight excluding hydrogens is 164 g/mol. The van der Waals surface area contributed by atoms with Crippen LogP contribution < -0.4 is 4.74 Å². The zero-order valence-electron chi connectivity index (χ0n) is 8.37.